The first-order valence-electron chi connectivity index (χ1n) is 5.32. The van der Waals surface area contributed by atoms with Gasteiger partial charge in [0.05, 0.1) is 17.9 Å². The molecule has 0 heterocycles. The summed E-state index contributed by atoms with van der Waals surface area (Å²) in [6, 6.07) is 7.23. The standard InChI is InChI=1S/C12H13F3N2O/c1-9-3-2-4-10(7-16)11(9)17-5-6-18-8-12(13,14)15/h2-4,17H,5-6,8H2,1H3. The molecule has 0 aromatic heterocycles. The Morgan fingerprint density at radius 1 is 1.39 bits per heavy atom. The zero-order chi connectivity index (χ0) is 13.6. The number of nitriles is 1. The number of hydrogen-bond acceptors (Lipinski definition) is 3. The van der Waals surface area contributed by atoms with Gasteiger partial charge in [-0.05, 0) is 18.6 Å². The summed E-state index contributed by atoms with van der Waals surface area (Å²) in [4.78, 5) is 0. The van der Waals surface area contributed by atoms with Crippen LogP contribution in [-0.2, 0) is 4.74 Å². The number of halogens is 3. The number of nitrogens with one attached hydrogen (secondary N) is 1. The summed E-state index contributed by atoms with van der Waals surface area (Å²) in [5.74, 6) is 0. The van der Waals surface area contributed by atoms with Crippen LogP contribution in [0.15, 0.2) is 18.2 Å². The molecule has 1 aromatic carbocycles. The normalized spacial score (nSPS) is 11.1. The summed E-state index contributed by atoms with van der Waals surface area (Å²) >= 11 is 0. The van der Waals surface area contributed by atoms with E-state index in [1.165, 1.54) is 0 Å². The maximum absolute atomic E-state index is 11.8. The first-order chi connectivity index (χ1) is 8.44. The molecule has 1 rings (SSSR count). The second-order valence-corrected chi connectivity index (χ2v) is 3.70. The van der Waals surface area contributed by atoms with E-state index >= 15 is 0 Å². The van der Waals surface area contributed by atoms with E-state index < -0.39 is 12.8 Å². The van der Waals surface area contributed by atoms with Crippen molar-refractivity contribution in [1.29, 1.82) is 5.26 Å². The van der Waals surface area contributed by atoms with E-state index in [-0.39, 0.29) is 13.2 Å². The lowest BCUT2D eigenvalue weighted by atomic mass is 10.1. The maximum atomic E-state index is 11.8. The molecule has 0 spiro atoms. The molecule has 0 amide bonds. The highest BCUT2D eigenvalue weighted by Gasteiger charge is 2.27. The van der Waals surface area contributed by atoms with Crippen LogP contribution in [0.2, 0.25) is 0 Å². The fourth-order valence-electron chi connectivity index (χ4n) is 1.43. The van der Waals surface area contributed by atoms with Gasteiger partial charge in [0.15, 0.2) is 0 Å². The number of nitrogens with zero attached hydrogens (tertiary/aromatic N) is 1. The van der Waals surface area contributed by atoms with Gasteiger partial charge in [0.2, 0.25) is 0 Å². The number of anilines is 1. The number of para-hydroxylation sites is 1. The first-order valence-corrected chi connectivity index (χ1v) is 5.32. The minimum absolute atomic E-state index is 0.0707. The number of alkyl halides is 3. The highest BCUT2D eigenvalue weighted by atomic mass is 19.4. The van der Waals surface area contributed by atoms with Crippen molar-refractivity contribution in [3.8, 4) is 6.07 Å². The molecule has 0 unspecified atom stereocenters. The summed E-state index contributed by atoms with van der Waals surface area (Å²) < 4.78 is 39.9. The lowest BCUT2D eigenvalue weighted by molar-refractivity contribution is -0.172. The molecule has 6 heteroatoms. The number of hydrogen-bond donors (Lipinski definition) is 1. The van der Waals surface area contributed by atoms with Crippen molar-refractivity contribution in [3.05, 3.63) is 29.3 Å². The molecule has 1 N–H and O–H groups in total. The van der Waals surface area contributed by atoms with E-state index in [1.54, 1.807) is 12.1 Å². The SMILES string of the molecule is Cc1cccc(C#N)c1NCCOCC(F)(F)F. The minimum Gasteiger partial charge on any atom is -0.381 e. The molecular formula is C12H13F3N2O. The Morgan fingerprint density at radius 3 is 2.72 bits per heavy atom. The Balaban J connectivity index is 2.43. The lowest BCUT2D eigenvalue weighted by Gasteiger charge is -2.12. The number of benzene rings is 1. The lowest BCUT2D eigenvalue weighted by Crippen LogP contribution is -2.20. The largest absolute Gasteiger partial charge is 0.411 e. The van der Waals surface area contributed by atoms with Crippen LogP contribution in [0.25, 0.3) is 0 Å². The molecule has 0 aliphatic heterocycles. The third-order valence-corrected chi connectivity index (χ3v) is 2.21. The van der Waals surface area contributed by atoms with Gasteiger partial charge >= 0.3 is 6.18 Å². The number of ether oxygens (including phenoxy) is 1. The molecule has 98 valence electrons. The molecule has 3 nitrogen and oxygen atoms in total. The molecule has 18 heavy (non-hydrogen) atoms. The highest BCUT2D eigenvalue weighted by molar-refractivity contribution is 5.62. The molecule has 0 saturated carbocycles. The summed E-state index contributed by atoms with van der Waals surface area (Å²) in [6.07, 6.45) is -4.31. The molecular weight excluding hydrogens is 245 g/mol. The van der Waals surface area contributed by atoms with E-state index in [1.807, 2.05) is 19.1 Å². The van der Waals surface area contributed by atoms with Crippen molar-refractivity contribution in [3.63, 3.8) is 0 Å². The van der Waals surface area contributed by atoms with Crippen LogP contribution >= 0.6 is 0 Å². The molecule has 1 aromatic rings. The van der Waals surface area contributed by atoms with Crippen molar-refractivity contribution in [2.75, 3.05) is 25.1 Å². The van der Waals surface area contributed by atoms with E-state index in [0.717, 1.165) is 5.56 Å². The highest BCUT2D eigenvalue weighted by Crippen LogP contribution is 2.19. The molecule has 0 atom stereocenters. The Bertz CT molecular complexity index is 438. The third-order valence-electron chi connectivity index (χ3n) is 2.21. The van der Waals surface area contributed by atoms with Crippen LogP contribution in [0.3, 0.4) is 0 Å². The average molecular weight is 258 g/mol. The van der Waals surface area contributed by atoms with Crippen LogP contribution in [0, 0.1) is 18.3 Å². The molecule has 0 aliphatic carbocycles. The second-order valence-electron chi connectivity index (χ2n) is 3.70. The third kappa shape index (κ3) is 4.63. The Hall–Kier alpha value is -1.74. The summed E-state index contributed by atoms with van der Waals surface area (Å²) in [6.45, 7) is 0.710. The summed E-state index contributed by atoms with van der Waals surface area (Å²) in [5.41, 5.74) is 1.96. The smallest absolute Gasteiger partial charge is 0.381 e. The van der Waals surface area contributed by atoms with E-state index in [2.05, 4.69) is 10.1 Å². The monoisotopic (exact) mass is 258 g/mol. The zero-order valence-corrected chi connectivity index (χ0v) is 9.84. The van der Waals surface area contributed by atoms with Crippen LogP contribution in [0.5, 0.6) is 0 Å². The van der Waals surface area contributed by atoms with Gasteiger partial charge in [-0.15, -0.1) is 0 Å². The quantitative estimate of drug-likeness (QED) is 0.826. The van der Waals surface area contributed by atoms with Crippen molar-refractivity contribution >= 4 is 5.69 Å². The molecule has 0 saturated heterocycles. The van der Waals surface area contributed by atoms with E-state index in [9.17, 15) is 13.2 Å². The van der Waals surface area contributed by atoms with Crippen molar-refractivity contribution in [2.45, 2.75) is 13.1 Å². The van der Waals surface area contributed by atoms with Crippen LogP contribution < -0.4 is 5.32 Å². The molecule has 0 aliphatic rings. The van der Waals surface area contributed by atoms with Gasteiger partial charge in [0.1, 0.15) is 12.7 Å². The average Bonchev–Trinajstić information content (AvgIpc) is 2.29. The number of rotatable bonds is 5. The zero-order valence-electron chi connectivity index (χ0n) is 9.84. The molecule has 0 bridgehead atoms. The van der Waals surface area contributed by atoms with Gasteiger partial charge in [-0.2, -0.15) is 18.4 Å². The van der Waals surface area contributed by atoms with Gasteiger partial charge in [0.25, 0.3) is 0 Å². The van der Waals surface area contributed by atoms with E-state index in [0.29, 0.717) is 11.3 Å². The summed E-state index contributed by atoms with van der Waals surface area (Å²) in [5, 5.41) is 11.8. The van der Waals surface area contributed by atoms with Gasteiger partial charge in [-0.1, -0.05) is 12.1 Å². The van der Waals surface area contributed by atoms with Gasteiger partial charge in [-0.25, -0.2) is 0 Å². The Labute approximate surface area is 103 Å². The van der Waals surface area contributed by atoms with Crippen LogP contribution in [0.1, 0.15) is 11.1 Å². The number of aryl methyl sites for hydroxylation is 1. The van der Waals surface area contributed by atoms with Crippen molar-refractivity contribution in [1.82, 2.24) is 0 Å². The molecule has 0 fully saturated rings. The van der Waals surface area contributed by atoms with Crippen molar-refractivity contribution < 1.29 is 17.9 Å². The Kier molecular flexibility index (Phi) is 4.98. The van der Waals surface area contributed by atoms with Crippen LogP contribution in [0.4, 0.5) is 18.9 Å². The second kappa shape index (κ2) is 6.26. The minimum atomic E-state index is -4.31. The topological polar surface area (TPSA) is 45.0 Å². The Morgan fingerprint density at radius 2 is 2.11 bits per heavy atom. The van der Waals surface area contributed by atoms with Crippen LogP contribution in [-0.4, -0.2) is 25.9 Å². The predicted molar refractivity (Wildman–Crippen MR) is 61.3 cm³/mol. The first kappa shape index (κ1) is 14.3. The van der Waals surface area contributed by atoms with Gasteiger partial charge < -0.3 is 10.1 Å². The van der Waals surface area contributed by atoms with Crippen molar-refractivity contribution in [2.24, 2.45) is 0 Å². The van der Waals surface area contributed by atoms with Gasteiger partial charge in [0, 0.05) is 6.54 Å². The fourth-order valence-corrected chi connectivity index (χ4v) is 1.43. The summed E-state index contributed by atoms with van der Waals surface area (Å²) in [7, 11) is 0. The predicted octanol–water partition coefficient (Wildman–Crippen LogP) is 2.86. The molecule has 0 radical (unpaired) electrons. The van der Waals surface area contributed by atoms with Gasteiger partial charge in [-0.3, -0.25) is 0 Å². The van der Waals surface area contributed by atoms with E-state index in [4.69, 9.17) is 5.26 Å². The fraction of sp³-hybridized carbons (Fsp3) is 0.417. The maximum Gasteiger partial charge on any atom is 0.411 e.